The van der Waals surface area contributed by atoms with Gasteiger partial charge in [0.05, 0.1) is 40.6 Å². The second-order valence-corrected chi connectivity index (χ2v) is 7.93. The first kappa shape index (κ1) is 24.2. The molecule has 3 heterocycles. The van der Waals surface area contributed by atoms with E-state index in [1.54, 1.807) is 4.68 Å². The third-order valence-corrected chi connectivity index (χ3v) is 5.31. The van der Waals surface area contributed by atoms with E-state index >= 15 is 0 Å². The minimum absolute atomic E-state index is 0.187. The van der Waals surface area contributed by atoms with Crippen LogP contribution >= 0.6 is 0 Å². The number of nitrogens with zero attached hydrogens (tertiary/aromatic N) is 3. The first-order valence-corrected chi connectivity index (χ1v) is 10.7. The van der Waals surface area contributed by atoms with Gasteiger partial charge >= 0.3 is 11.9 Å². The fourth-order valence-corrected chi connectivity index (χ4v) is 3.59. The Morgan fingerprint density at radius 2 is 1.81 bits per heavy atom. The molecule has 0 bridgehead atoms. The third-order valence-electron chi connectivity index (χ3n) is 5.31. The Kier molecular flexibility index (Phi) is 6.52. The zero-order valence-corrected chi connectivity index (χ0v) is 19.0. The van der Waals surface area contributed by atoms with E-state index < -0.39 is 24.5 Å². The molecule has 0 aliphatic heterocycles. The number of imidazole rings is 1. The number of nitrogens with two attached hydrogens (primary N) is 1. The van der Waals surface area contributed by atoms with Gasteiger partial charge in [-0.1, -0.05) is 18.2 Å². The molecule has 5 rings (SSSR count). The van der Waals surface area contributed by atoms with E-state index in [-0.39, 0.29) is 5.78 Å². The quantitative estimate of drug-likeness (QED) is 0.193. The molecule has 1 unspecified atom stereocenters. The van der Waals surface area contributed by atoms with E-state index in [4.69, 9.17) is 21.1 Å². The number of benzene rings is 2. The molecule has 3 aromatic heterocycles. The van der Waals surface area contributed by atoms with Crippen molar-refractivity contribution in [2.45, 2.75) is 19.4 Å². The van der Waals surface area contributed by atoms with Gasteiger partial charge in [0.25, 0.3) is 0 Å². The lowest BCUT2D eigenvalue weighted by Gasteiger charge is -2.05. The number of anilines is 1. The summed E-state index contributed by atoms with van der Waals surface area (Å²) in [5.74, 6) is -1.89. The minimum atomic E-state index is -1.79. The number of carboxylic acids is 2. The Morgan fingerprint density at radius 1 is 1.06 bits per heavy atom. The molecule has 12 nitrogen and oxygen atoms in total. The van der Waals surface area contributed by atoms with E-state index in [2.05, 4.69) is 20.1 Å². The van der Waals surface area contributed by atoms with Crippen LogP contribution in [0.5, 0.6) is 0 Å². The van der Waals surface area contributed by atoms with Gasteiger partial charge in [-0.15, -0.1) is 0 Å². The number of hydrogen-bond acceptors (Lipinski definition) is 7. The number of aromatic amines is 2. The Bertz CT molecular complexity index is 1560. The van der Waals surface area contributed by atoms with Crippen LogP contribution in [0.2, 0.25) is 0 Å². The van der Waals surface area contributed by atoms with Crippen LogP contribution in [0.15, 0.2) is 54.7 Å². The van der Waals surface area contributed by atoms with Crippen LogP contribution in [0.1, 0.15) is 28.3 Å². The van der Waals surface area contributed by atoms with Gasteiger partial charge in [-0.05, 0) is 37.3 Å². The molecule has 0 radical (unpaired) electrons. The second-order valence-electron chi connectivity index (χ2n) is 7.93. The van der Waals surface area contributed by atoms with Gasteiger partial charge in [-0.3, -0.25) is 9.59 Å². The van der Waals surface area contributed by atoms with Crippen molar-refractivity contribution in [3.05, 3.63) is 71.8 Å². The normalized spacial score (nSPS) is 11.7. The highest BCUT2D eigenvalue weighted by Gasteiger charge is 2.20. The van der Waals surface area contributed by atoms with Crippen molar-refractivity contribution in [2.24, 2.45) is 0 Å². The lowest BCUT2D eigenvalue weighted by molar-refractivity contribution is -0.152. The molecule has 0 fully saturated rings. The molecule has 184 valence electrons. The Morgan fingerprint density at radius 3 is 2.47 bits per heavy atom. The summed E-state index contributed by atoms with van der Waals surface area (Å²) in [6.45, 7) is 1.90. The predicted molar refractivity (Wildman–Crippen MR) is 130 cm³/mol. The molecule has 7 N–H and O–H groups in total. The zero-order chi connectivity index (χ0) is 26.0. The highest BCUT2D eigenvalue weighted by atomic mass is 16.4. The lowest BCUT2D eigenvalue weighted by atomic mass is 10.1. The van der Waals surface area contributed by atoms with Crippen LogP contribution in [0.4, 0.5) is 5.82 Å². The number of hydrogen-bond donors (Lipinski definition) is 6. The largest absolute Gasteiger partial charge is 0.481 e. The van der Waals surface area contributed by atoms with Crippen molar-refractivity contribution in [3.8, 4) is 5.69 Å². The van der Waals surface area contributed by atoms with Gasteiger partial charge in [-0.25, -0.2) is 14.5 Å². The van der Waals surface area contributed by atoms with E-state index in [0.29, 0.717) is 17.1 Å². The van der Waals surface area contributed by atoms with Crippen molar-refractivity contribution >= 4 is 45.5 Å². The summed E-state index contributed by atoms with van der Waals surface area (Å²) in [6, 6.07) is 15.3. The average molecular weight is 490 g/mol. The number of carboxylic acid groups (broad SMARTS) is 2. The number of aliphatic hydroxyl groups excluding tert-OH is 1. The van der Waals surface area contributed by atoms with E-state index in [1.165, 1.54) is 6.20 Å². The number of nitrogens with one attached hydrogen (secondary N) is 2. The topological polar surface area (TPSA) is 200 Å². The van der Waals surface area contributed by atoms with Crippen molar-refractivity contribution in [3.63, 3.8) is 0 Å². The number of fused-ring (bicyclic) bond motifs is 2. The number of ketones is 1. The first-order valence-electron chi connectivity index (χ1n) is 10.7. The molecular weight excluding hydrogens is 468 g/mol. The van der Waals surface area contributed by atoms with Crippen LogP contribution in [0.25, 0.3) is 27.6 Å². The zero-order valence-electron chi connectivity index (χ0n) is 19.0. The van der Waals surface area contributed by atoms with E-state index in [1.807, 2.05) is 55.5 Å². The van der Waals surface area contributed by atoms with Crippen molar-refractivity contribution in [1.82, 2.24) is 24.7 Å². The maximum Gasteiger partial charge on any atom is 0.333 e. The average Bonchev–Trinajstić information content (AvgIpc) is 3.53. The number of H-pyrrole nitrogens is 2. The number of carbonyl (C=O) groups excluding carboxylic acids is 1. The molecule has 0 aliphatic rings. The van der Waals surface area contributed by atoms with Crippen LogP contribution < -0.4 is 5.73 Å². The first-order chi connectivity index (χ1) is 17.1. The fourth-order valence-electron chi connectivity index (χ4n) is 3.59. The number of aliphatic hydroxyl groups is 1. The summed E-state index contributed by atoms with van der Waals surface area (Å²) >= 11 is 0. The van der Waals surface area contributed by atoms with Crippen LogP contribution in [0, 0.1) is 6.92 Å². The number of nitrogen functional groups attached to an aromatic ring is 1. The fraction of sp³-hybridized carbons (Fsp3) is 0.125. The summed E-state index contributed by atoms with van der Waals surface area (Å²) < 4.78 is 1.56. The molecule has 0 amide bonds. The molecule has 1 atom stereocenters. The van der Waals surface area contributed by atoms with Crippen molar-refractivity contribution in [1.29, 1.82) is 0 Å². The van der Waals surface area contributed by atoms with Gasteiger partial charge in [-0.2, -0.15) is 5.10 Å². The highest BCUT2D eigenvalue weighted by molar-refractivity contribution is 6.12. The predicted octanol–water partition coefficient (Wildman–Crippen LogP) is 2.26. The molecule has 0 saturated heterocycles. The van der Waals surface area contributed by atoms with E-state index in [9.17, 15) is 14.4 Å². The molecule has 2 aromatic carbocycles. The van der Waals surface area contributed by atoms with Crippen molar-refractivity contribution in [2.75, 3.05) is 5.73 Å². The molecular formula is C24H22N6O6. The lowest BCUT2D eigenvalue weighted by Crippen LogP contribution is -2.22. The number of aryl methyl sites for hydroxylation is 1. The maximum atomic E-state index is 12.9. The molecule has 0 spiro atoms. The van der Waals surface area contributed by atoms with Crippen molar-refractivity contribution < 1.29 is 29.7 Å². The molecule has 0 aliphatic carbocycles. The number of aromatic nitrogens is 5. The molecule has 5 aromatic rings. The minimum Gasteiger partial charge on any atom is -0.481 e. The van der Waals surface area contributed by atoms with Crippen LogP contribution in [-0.4, -0.2) is 63.9 Å². The summed E-state index contributed by atoms with van der Waals surface area (Å²) in [5, 5.41) is 29.4. The standard InChI is InChI=1S/C20H16N6O.C4H6O5/c1-11-23-16-7-6-13(9-17(16)24-11)26-20(21)14(10-22-26)19(27)18-8-12-4-2-3-5-15(12)25-18;5-2(4(8)9)1-3(6)7/h2-10,25H,21H2,1H3,(H,23,24);2,5H,1H2,(H,6,7)(H,8,9). The smallest absolute Gasteiger partial charge is 0.333 e. The molecule has 36 heavy (non-hydrogen) atoms. The summed E-state index contributed by atoms with van der Waals surface area (Å²) in [7, 11) is 0. The van der Waals surface area contributed by atoms with Gasteiger partial charge in [0.1, 0.15) is 11.6 Å². The summed E-state index contributed by atoms with van der Waals surface area (Å²) in [6.07, 6.45) is -1.04. The number of carbonyl (C=O) groups is 3. The van der Waals surface area contributed by atoms with Crippen LogP contribution in [0.3, 0.4) is 0 Å². The van der Waals surface area contributed by atoms with E-state index in [0.717, 1.165) is 33.4 Å². The molecule has 12 heteroatoms. The Labute approximate surface area is 203 Å². The monoisotopic (exact) mass is 490 g/mol. The maximum absolute atomic E-state index is 12.9. The highest BCUT2D eigenvalue weighted by Crippen LogP contribution is 2.24. The van der Waals surface area contributed by atoms with Gasteiger partial charge < -0.3 is 31.0 Å². The van der Waals surface area contributed by atoms with Crippen LogP contribution in [-0.2, 0) is 9.59 Å². The Balaban J connectivity index is 0.000000292. The van der Waals surface area contributed by atoms with Gasteiger partial charge in [0, 0.05) is 10.9 Å². The second kappa shape index (κ2) is 9.72. The number of para-hydroxylation sites is 1. The SMILES string of the molecule is Cc1nc2ccc(-n3ncc(C(=O)c4cc5ccccc5[nH]4)c3N)cc2[nH]1.O=C(O)CC(O)C(=O)O. The Hall–Kier alpha value is -4.97. The van der Waals surface area contributed by atoms with Gasteiger partial charge in [0.15, 0.2) is 6.10 Å². The third kappa shape index (κ3) is 4.93. The number of aliphatic carboxylic acids is 2. The number of rotatable bonds is 6. The molecule has 0 saturated carbocycles. The summed E-state index contributed by atoms with van der Waals surface area (Å²) in [4.78, 5) is 43.1. The van der Waals surface area contributed by atoms with Gasteiger partial charge in [0.2, 0.25) is 5.78 Å². The summed E-state index contributed by atoms with van der Waals surface area (Å²) in [5.41, 5.74) is 10.5.